The van der Waals surface area contributed by atoms with E-state index in [0.29, 0.717) is 36.5 Å². The maximum Gasteiger partial charge on any atom is 0.265 e. The van der Waals surface area contributed by atoms with E-state index < -0.39 is 6.10 Å². The van der Waals surface area contributed by atoms with Crippen LogP contribution in [0.15, 0.2) is 78.9 Å². The molecule has 4 rings (SSSR count). The molecule has 6 nitrogen and oxygen atoms in total. The number of ether oxygens (including phenoxy) is 1. The Bertz CT molecular complexity index is 1110. The van der Waals surface area contributed by atoms with Crippen LogP contribution in [-0.4, -0.2) is 60.9 Å². The molecule has 0 aliphatic carbocycles. The zero-order valence-electron chi connectivity index (χ0n) is 19.7. The molecule has 1 atom stereocenters. The Kier molecular flexibility index (Phi) is 7.60. The quantitative estimate of drug-likeness (QED) is 0.566. The zero-order valence-corrected chi connectivity index (χ0v) is 19.7. The Morgan fingerprint density at radius 3 is 2.15 bits per heavy atom. The van der Waals surface area contributed by atoms with Crippen molar-refractivity contribution in [3.8, 4) is 16.9 Å². The molecule has 1 N–H and O–H groups in total. The highest BCUT2D eigenvalue weighted by atomic mass is 16.5. The smallest absolute Gasteiger partial charge is 0.265 e. The summed E-state index contributed by atoms with van der Waals surface area (Å²) in [6.07, 6.45) is -0.171. The fourth-order valence-corrected chi connectivity index (χ4v) is 4.01. The summed E-state index contributed by atoms with van der Waals surface area (Å²) in [5.74, 6) is 0.297. The van der Waals surface area contributed by atoms with Crippen LogP contribution < -0.4 is 10.1 Å². The van der Waals surface area contributed by atoms with Crippen molar-refractivity contribution in [2.75, 3.05) is 38.5 Å². The van der Waals surface area contributed by atoms with Crippen molar-refractivity contribution in [2.24, 2.45) is 0 Å². The van der Waals surface area contributed by atoms with Gasteiger partial charge < -0.3 is 19.9 Å². The van der Waals surface area contributed by atoms with Crippen LogP contribution in [0, 0.1) is 0 Å². The van der Waals surface area contributed by atoms with Gasteiger partial charge in [-0.3, -0.25) is 9.59 Å². The van der Waals surface area contributed by atoms with Gasteiger partial charge in [0.15, 0.2) is 6.10 Å². The van der Waals surface area contributed by atoms with Gasteiger partial charge in [0.2, 0.25) is 0 Å². The number of piperazine rings is 1. The summed E-state index contributed by atoms with van der Waals surface area (Å²) in [5, 5.41) is 2.93. The molecular formula is C28H31N3O3. The van der Waals surface area contributed by atoms with Gasteiger partial charge in [0.1, 0.15) is 5.75 Å². The molecule has 1 fully saturated rings. The maximum absolute atomic E-state index is 13.1. The number of nitrogens with one attached hydrogen (secondary N) is 1. The third kappa shape index (κ3) is 5.64. The van der Waals surface area contributed by atoms with E-state index in [4.69, 9.17) is 4.74 Å². The number of anilines is 1. The lowest BCUT2D eigenvalue weighted by Crippen LogP contribution is -2.47. The number of rotatable bonds is 7. The van der Waals surface area contributed by atoms with E-state index in [1.165, 1.54) is 0 Å². The molecule has 6 heteroatoms. The van der Waals surface area contributed by atoms with Gasteiger partial charge in [0.25, 0.3) is 11.8 Å². The number of hydrogen-bond donors (Lipinski definition) is 1. The monoisotopic (exact) mass is 457 g/mol. The minimum absolute atomic E-state index is 0.0607. The molecule has 1 saturated heterocycles. The van der Waals surface area contributed by atoms with Gasteiger partial charge in [-0.25, -0.2) is 0 Å². The number of amides is 2. The summed E-state index contributed by atoms with van der Waals surface area (Å²) in [7, 11) is 2.05. The van der Waals surface area contributed by atoms with E-state index >= 15 is 0 Å². The normalized spacial score (nSPS) is 14.9. The Balaban J connectivity index is 1.43. The Morgan fingerprint density at radius 1 is 0.853 bits per heavy atom. The van der Waals surface area contributed by atoms with Crippen molar-refractivity contribution < 1.29 is 14.3 Å². The van der Waals surface area contributed by atoms with Crippen molar-refractivity contribution in [1.29, 1.82) is 0 Å². The van der Waals surface area contributed by atoms with Crippen LogP contribution in [-0.2, 0) is 4.79 Å². The molecule has 0 bridgehead atoms. The van der Waals surface area contributed by atoms with Crippen LogP contribution in [0.5, 0.6) is 5.75 Å². The lowest BCUT2D eigenvalue weighted by atomic mass is 10.1. The predicted octanol–water partition coefficient (Wildman–Crippen LogP) is 4.54. The van der Waals surface area contributed by atoms with Gasteiger partial charge in [-0.05, 0) is 48.9 Å². The SMILES string of the molecule is CCC(Oc1ccc(-c2ccccc2)cc1)C(=O)Nc1ccccc1C(=O)N1CCN(C)CC1. The molecule has 1 heterocycles. The highest BCUT2D eigenvalue weighted by Gasteiger charge is 2.25. The average Bonchev–Trinajstić information content (AvgIpc) is 2.88. The van der Waals surface area contributed by atoms with E-state index in [1.54, 1.807) is 12.1 Å². The highest BCUT2D eigenvalue weighted by Crippen LogP contribution is 2.24. The van der Waals surface area contributed by atoms with Crippen molar-refractivity contribution in [1.82, 2.24) is 9.80 Å². The first kappa shape index (κ1) is 23.5. The summed E-state index contributed by atoms with van der Waals surface area (Å²) in [6, 6.07) is 25.0. The van der Waals surface area contributed by atoms with Crippen LogP contribution in [0.4, 0.5) is 5.69 Å². The first-order valence-corrected chi connectivity index (χ1v) is 11.7. The molecule has 176 valence electrons. The predicted molar refractivity (Wildman–Crippen MR) is 135 cm³/mol. The fraction of sp³-hybridized carbons (Fsp3) is 0.286. The van der Waals surface area contributed by atoms with Crippen molar-refractivity contribution in [3.63, 3.8) is 0 Å². The topological polar surface area (TPSA) is 61.9 Å². The molecule has 34 heavy (non-hydrogen) atoms. The molecular weight excluding hydrogens is 426 g/mol. The van der Waals surface area contributed by atoms with Crippen molar-refractivity contribution >= 4 is 17.5 Å². The second-order valence-electron chi connectivity index (χ2n) is 8.54. The maximum atomic E-state index is 13.1. The van der Waals surface area contributed by atoms with Crippen molar-refractivity contribution in [2.45, 2.75) is 19.4 Å². The highest BCUT2D eigenvalue weighted by molar-refractivity contribution is 6.04. The minimum atomic E-state index is -0.672. The summed E-state index contributed by atoms with van der Waals surface area (Å²) in [6.45, 7) is 4.95. The number of para-hydroxylation sites is 1. The Morgan fingerprint density at radius 2 is 1.47 bits per heavy atom. The number of benzene rings is 3. The number of carbonyl (C=O) groups is 2. The van der Waals surface area contributed by atoms with E-state index in [9.17, 15) is 9.59 Å². The van der Waals surface area contributed by atoms with Gasteiger partial charge in [-0.15, -0.1) is 0 Å². The van der Waals surface area contributed by atoms with E-state index in [-0.39, 0.29) is 11.8 Å². The van der Waals surface area contributed by atoms with Crippen LogP contribution in [0.25, 0.3) is 11.1 Å². The van der Waals surface area contributed by atoms with E-state index in [2.05, 4.69) is 29.4 Å². The molecule has 0 saturated carbocycles. The van der Waals surface area contributed by atoms with Crippen LogP contribution in [0.1, 0.15) is 23.7 Å². The summed E-state index contributed by atoms with van der Waals surface area (Å²) < 4.78 is 6.00. The summed E-state index contributed by atoms with van der Waals surface area (Å²) in [4.78, 5) is 30.2. The number of hydrogen-bond acceptors (Lipinski definition) is 4. The molecule has 0 spiro atoms. The van der Waals surface area contributed by atoms with Crippen LogP contribution in [0.3, 0.4) is 0 Å². The third-order valence-electron chi connectivity index (χ3n) is 6.11. The second-order valence-corrected chi connectivity index (χ2v) is 8.54. The van der Waals surface area contributed by atoms with Crippen LogP contribution >= 0.6 is 0 Å². The number of carbonyl (C=O) groups excluding carboxylic acids is 2. The number of nitrogens with zero attached hydrogens (tertiary/aromatic N) is 2. The molecule has 1 unspecified atom stereocenters. The Labute approximate surface area is 201 Å². The first-order chi connectivity index (χ1) is 16.5. The third-order valence-corrected chi connectivity index (χ3v) is 6.11. The lowest BCUT2D eigenvalue weighted by Gasteiger charge is -2.32. The largest absolute Gasteiger partial charge is 0.481 e. The molecule has 0 aromatic heterocycles. The average molecular weight is 458 g/mol. The van der Waals surface area contributed by atoms with Gasteiger partial charge in [0.05, 0.1) is 11.3 Å². The van der Waals surface area contributed by atoms with Crippen molar-refractivity contribution in [3.05, 3.63) is 84.4 Å². The molecule has 3 aromatic rings. The Hall–Kier alpha value is -3.64. The molecule has 1 aliphatic rings. The zero-order chi connectivity index (χ0) is 23.9. The first-order valence-electron chi connectivity index (χ1n) is 11.7. The lowest BCUT2D eigenvalue weighted by molar-refractivity contribution is -0.122. The second kappa shape index (κ2) is 11.0. The molecule has 0 radical (unpaired) electrons. The van der Waals surface area contributed by atoms with E-state index in [0.717, 1.165) is 24.2 Å². The summed E-state index contributed by atoms with van der Waals surface area (Å²) in [5.41, 5.74) is 3.22. The molecule has 3 aromatic carbocycles. The van der Waals surface area contributed by atoms with Gasteiger partial charge in [-0.2, -0.15) is 0 Å². The fourth-order valence-electron chi connectivity index (χ4n) is 4.01. The standard InChI is InChI=1S/C28H31N3O3/c1-3-26(34-23-15-13-22(14-16-23)21-9-5-4-6-10-21)27(32)29-25-12-8-7-11-24(25)28(33)31-19-17-30(2)18-20-31/h4-16,26H,3,17-20H2,1-2H3,(H,29,32). The molecule has 1 aliphatic heterocycles. The molecule has 2 amide bonds. The van der Waals surface area contributed by atoms with Crippen LogP contribution in [0.2, 0.25) is 0 Å². The minimum Gasteiger partial charge on any atom is -0.481 e. The van der Waals surface area contributed by atoms with Gasteiger partial charge in [-0.1, -0.05) is 61.5 Å². The van der Waals surface area contributed by atoms with E-state index in [1.807, 2.05) is 66.4 Å². The summed E-state index contributed by atoms with van der Waals surface area (Å²) >= 11 is 0. The van der Waals surface area contributed by atoms with Gasteiger partial charge >= 0.3 is 0 Å². The number of likely N-dealkylation sites (N-methyl/N-ethyl adjacent to an activating group) is 1. The van der Waals surface area contributed by atoms with Gasteiger partial charge in [0, 0.05) is 26.2 Å².